The molecule has 2 saturated heterocycles. The first-order valence-corrected chi connectivity index (χ1v) is 13.2. The highest BCUT2D eigenvalue weighted by atomic mass is 35.5. The first-order valence-electron chi connectivity index (χ1n) is 12.8. The van der Waals surface area contributed by atoms with Crippen LogP contribution in [0.4, 0.5) is 23.7 Å². The molecule has 2 aliphatic heterocycles. The van der Waals surface area contributed by atoms with Gasteiger partial charge in [0.05, 0.1) is 30.6 Å². The molecule has 5 rings (SSSR count). The molecule has 3 aromatic rings. The molecule has 222 valence electrons. The van der Waals surface area contributed by atoms with E-state index < -0.39 is 59.1 Å². The second-order valence-corrected chi connectivity index (χ2v) is 10.5. The molecule has 1 aromatic heterocycles. The average molecular weight is 608 g/mol. The Morgan fingerprint density at radius 2 is 1.95 bits per heavy atom. The van der Waals surface area contributed by atoms with Gasteiger partial charge >= 0.3 is 6.09 Å². The van der Waals surface area contributed by atoms with Gasteiger partial charge in [0.1, 0.15) is 23.6 Å². The summed E-state index contributed by atoms with van der Waals surface area (Å²) in [7, 11) is 0. The molecule has 3 amide bonds. The number of carbonyl (C=O) groups excluding carboxylic acids is 2. The van der Waals surface area contributed by atoms with Gasteiger partial charge in [0.2, 0.25) is 5.60 Å². The van der Waals surface area contributed by atoms with Crippen molar-refractivity contribution >= 4 is 35.2 Å². The minimum atomic E-state index is -2.37. The van der Waals surface area contributed by atoms with E-state index in [0.717, 1.165) is 30.3 Å². The van der Waals surface area contributed by atoms with E-state index in [1.54, 1.807) is 0 Å². The van der Waals surface area contributed by atoms with Gasteiger partial charge in [-0.25, -0.2) is 18.0 Å². The van der Waals surface area contributed by atoms with E-state index in [1.807, 2.05) is 0 Å². The number of carbonyl (C=O) groups is 3. The first-order chi connectivity index (χ1) is 19.9. The van der Waals surface area contributed by atoms with Crippen molar-refractivity contribution in [3.05, 3.63) is 82.4 Å². The summed E-state index contributed by atoms with van der Waals surface area (Å²) in [6.07, 6.45) is 0.219. The first kappa shape index (κ1) is 29.4. The van der Waals surface area contributed by atoms with Gasteiger partial charge in [0.25, 0.3) is 11.8 Å². The molecule has 4 N–H and O–H groups in total. The number of carboxylic acid groups (broad SMARTS) is 1. The quantitative estimate of drug-likeness (QED) is 0.302. The number of nitrogens with one attached hydrogen (secondary N) is 2. The van der Waals surface area contributed by atoms with E-state index >= 15 is 0 Å². The van der Waals surface area contributed by atoms with Crippen LogP contribution in [0.2, 0.25) is 5.02 Å². The Morgan fingerprint density at radius 1 is 1.17 bits per heavy atom. The molecule has 4 atom stereocenters. The Kier molecular flexibility index (Phi) is 8.12. The van der Waals surface area contributed by atoms with Crippen LogP contribution in [-0.4, -0.2) is 62.7 Å². The Bertz CT molecular complexity index is 1520. The fourth-order valence-electron chi connectivity index (χ4n) is 5.20. The zero-order valence-electron chi connectivity index (χ0n) is 21.8. The van der Waals surface area contributed by atoms with Gasteiger partial charge in [-0.15, -0.1) is 0 Å². The summed E-state index contributed by atoms with van der Waals surface area (Å²) in [5, 5.41) is 29.4. The predicted molar refractivity (Wildman–Crippen MR) is 141 cm³/mol. The number of amides is 3. The van der Waals surface area contributed by atoms with Gasteiger partial charge in [-0.05, 0) is 48.4 Å². The minimum absolute atomic E-state index is 0.00841. The third-order valence-electron chi connectivity index (χ3n) is 7.25. The van der Waals surface area contributed by atoms with Crippen LogP contribution < -0.4 is 15.5 Å². The highest BCUT2D eigenvalue weighted by Crippen LogP contribution is 2.36. The smallest absolute Gasteiger partial charge is 0.404 e. The lowest BCUT2D eigenvalue weighted by Crippen LogP contribution is -2.52. The minimum Gasteiger partial charge on any atom is -0.465 e. The Morgan fingerprint density at radius 3 is 2.69 bits per heavy atom. The zero-order chi connectivity index (χ0) is 30.2. The maximum atomic E-state index is 14.4. The maximum absolute atomic E-state index is 14.4. The summed E-state index contributed by atoms with van der Waals surface area (Å²) in [4.78, 5) is 38.6. The molecule has 3 heterocycles. The van der Waals surface area contributed by atoms with E-state index in [2.05, 4.69) is 15.7 Å². The average Bonchev–Trinajstić information content (AvgIpc) is 3.53. The maximum Gasteiger partial charge on any atom is 0.404 e. The molecular formula is C27H25ClF3N5O6. The molecule has 0 radical (unpaired) electrons. The topological polar surface area (TPSA) is 146 Å². The molecule has 42 heavy (non-hydrogen) atoms. The molecule has 15 heteroatoms. The van der Waals surface area contributed by atoms with Crippen molar-refractivity contribution in [2.45, 2.75) is 43.2 Å². The van der Waals surface area contributed by atoms with Crippen LogP contribution in [0.1, 0.15) is 36.1 Å². The molecule has 1 unspecified atom stereocenters. The molecule has 2 fully saturated rings. The van der Waals surface area contributed by atoms with E-state index in [0.29, 0.717) is 5.56 Å². The number of benzene rings is 2. The number of anilines is 1. The van der Waals surface area contributed by atoms with Crippen LogP contribution in [0.15, 0.2) is 48.8 Å². The number of hydrogen-bond acceptors (Lipinski definition) is 6. The molecule has 2 aromatic carbocycles. The number of rotatable bonds is 7. The molecule has 0 spiro atoms. The monoisotopic (exact) mass is 607 g/mol. The number of hydrogen-bond donors (Lipinski definition) is 4. The lowest BCUT2D eigenvalue weighted by molar-refractivity contribution is -0.149. The van der Waals surface area contributed by atoms with Crippen LogP contribution in [0.3, 0.4) is 0 Å². The highest BCUT2D eigenvalue weighted by molar-refractivity contribution is 6.30. The lowest BCUT2D eigenvalue weighted by atomic mass is 9.93. The van der Waals surface area contributed by atoms with Gasteiger partial charge in [-0.3, -0.25) is 14.3 Å². The summed E-state index contributed by atoms with van der Waals surface area (Å²) >= 11 is 5.83. The van der Waals surface area contributed by atoms with Gasteiger partial charge in [-0.1, -0.05) is 11.6 Å². The van der Waals surface area contributed by atoms with Crippen LogP contribution in [0.5, 0.6) is 0 Å². The molecule has 0 saturated carbocycles. The largest absolute Gasteiger partial charge is 0.465 e. The Balaban J connectivity index is 1.27. The number of nitrogens with zero attached hydrogens (tertiary/aromatic N) is 3. The van der Waals surface area contributed by atoms with Crippen molar-refractivity contribution < 1.29 is 42.5 Å². The van der Waals surface area contributed by atoms with Crippen LogP contribution in [0, 0.1) is 17.5 Å². The number of ether oxygens (including phenoxy) is 1. The summed E-state index contributed by atoms with van der Waals surface area (Å²) in [5.74, 6) is -3.89. The van der Waals surface area contributed by atoms with Crippen molar-refractivity contribution in [3.8, 4) is 0 Å². The van der Waals surface area contributed by atoms with Crippen molar-refractivity contribution in [1.82, 2.24) is 20.4 Å². The number of aromatic nitrogens is 2. The Labute approximate surface area is 241 Å². The van der Waals surface area contributed by atoms with E-state index in [-0.39, 0.29) is 48.8 Å². The van der Waals surface area contributed by atoms with Crippen LogP contribution in [0.25, 0.3) is 0 Å². The molecule has 0 bridgehead atoms. The van der Waals surface area contributed by atoms with E-state index in [9.17, 15) is 37.8 Å². The van der Waals surface area contributed by atoms with Gasteiger partial charge in [-0.2, -0.15) is 5.10 Å². The van der Waals surface area contributed by atoms with Gasteiger partial charge in [0, 0.05) is 36.3 Å². The van der Waals surface area contributed by atoms with Gasteiger partial charge in [0.15, 0.2) is 0 Å². The lowest BCUT2D eigenvalue weighted by Gasteiger charge is -2.36. The Hall–Kier alpha value is -4.14. The molecule has 11 nitrogen and oxygen atoms in total. The van der Waals surface area contributed by atoms with Crippen molar-refractivity contribution in [2.75, 3.05) is 18.1 Å². The summed E-state index contributed by atoms with van der Waals surface area (Å²) in [6.45, 7) is -0.215. The second-order valence-electron chi connectivity index (χ2n) is 10.1. The fraction of sp³-hybridized carbons (Fsp3) is 0.333. The summed E-state index contributed by atoms with van der Waals surface area (Å²) < 4.78 is 49.0. The number of halogens is 4. The summed E-state index contributed by atoms with van der Waals surface area (Å²) in [6, 6.07) is 5.02. The van der Waals surface area contributed by atoms with Gasteiger partial charge < -0.3 is 30.5 Å². The third-order valence-corrected chi connectivity index (χ3v) is 7.47. The summed E-state index contributed by atoms with van der Waals surface area (Å²) in [5.41, 5.74) is -1.89. The number of aliphatic hydroxyl groups is 1. The fourth-order valence-corrected chi connectivity index (χ4v) is 5.45. The SMILES string of the molecule is O=C(O)N[C@H]1C[C@@H](n2cc(N3CCC(O)(C(=O)NCc4cc(F)cc(Cl)c4)C3=O)cn2)CO[C@@H]1c1cc(F)ccc1F. The van der Waals surface area contributed by atoms with Crippen molar-refractivity contribution in [3.63, 3.8) is 0 Å². The predicted octanol–water partition coefficient (Wildman–Crippen LogP) is 3.08. The standard InChI is InChI=1S/C27H25ClF3N5O6/c28-15-5-14(6-17(30)7-15)10-32-24(37)27(41)3-4-35(25(27)38)19-11-33-36(12-19)18-9-22(34-26(39)40)23(42-13-18)20-8-16(29)1-2-21(20)31/h1-2,5-8,11-12,18,22-23,34,41H,3-4,9-10,13H2,(H,32,37)(H,39,40)/t18-,22+,23-,27?/m1/s1. The van der Waals surface area contributed by atoms with E-state index in [1.165, 1.54) is 28.0 Å². The molecular weight excluding hydrogens is 583 g/mol. The molecule has 2 aliphatic rings. The highest BCUT2D eigenvalue weighted by Gasteiger charge is 2.52. The van der Waals surface area contributed by atoms with Crippen molar-refractivity contribution in [2.24, 2.45) is 0 Å². The molecule has 0 aliphatic carbocycles. The normalized spacial score (nSPS) is 24.1. The van der Waals surface area contributed by atoms with E-state index in [4.69, 9.17) is 16.3 Å². The van der Waals surface area contributed by atoms with Crippen molar-refractivity contribution in [1.29, 1.82) is 0 Å². The zero-order valence-corrected chi connectivity index (χ0v) is 22.5. The second kappa shape index (κ2) is 11.6. The third kappa shape index (κ3) is 5.91. The van der Waals surface area contributed by atoms with Crippen LogP contribution >= 0.6 is 11.6 Å². The van der Waals surface area contributed by atoms with Crippen LogP contribution in [-0.2, 0) is 20.9 Å².